The van der Waals surface area contributed by atoms with Crippen LogP contribution in [0.5, 0.6) is 0 Å². The highest BCUT2D eigenvalue weighted by atomic mass is 32.2. The van der Waals surface area contributed by atoms with Gasteiger partial charge in [-0.3, -0.25) is 4.90 Å². The van der Waals surface area contributed by atoms with Crippen LogP contribution in [0.1, 0.15) is 36.5 Å². The number of benzene rings is 2. The third-order valence-electron chi connectivity index (χ3n) is 4.96. The summed E-state index contributed by atoms with van der Waals surface area (Å²) in [6, 6.07) is 14.9. The van der Waals surface area contributed by atoms with Crippen molar-refractivity contribution in [3.63, 3.8) is 0 Å². The van der Waals surface area contributed by atoms with Crippen LogP contribution in [0.15, 0.2) is 58.7 Å². The molecule has 0 aliphatic carbocycles. The number of likely N-dealkylation sites (tertiary alicyclic amines) is 1. The molecule has 1 aliphatic heterocycles. The van der Waals surface area contributed by atoms with Crippen LogP contribution in [0.2, 0.25) is 0 Å². The smallest absolute Gasteiger partial charge is 0.180 e. The molecule has 0 amide bonds. The molecule has 0 radical (unpaired) electrons. The summed E-state index contributed by atoms with van der Waals surface area (Å²) in [6.07, 6.45) is 4.05. The van der Waals surface area contributed by atoms with Crippen molar-refractivity contribution in [3.8, 4) is 0 Å². The van der Waals surface area contributed by atoms with Crippen LogP contribution >= 0.6 is 11.8 Å². The molecule has 2 aromatic carbocycles. The number of nitrogens with zero attached hydrogens (tertiary/aromatic N) is 3. The molecule has 0 spiro atoms. The summed E-state index contributed by atoms with van der Waals surface area (Å²) in [7, 11) is 0. The van der Waals surface area contributed by atoms with Crippen molar-refractivity contribution in [2.45, 2.75) is 32.1 Å². The molecule has 1 fully saturated rings. The Labute approximate surface area is 170 Å². The molecule has 4 nitrogen and oxygen atoms in total. The highest BCUT2D eigenvalue weighted by Gasteiger charge is 2.16. The van der Waals surface area contributed by atoms with Crippen LogP contribution in [0.4, 0.5) is 4.39 Å². The summed E-state index contributed by atoms with van der Waals surface area (Å²) in [5, 5.41) is 8.61. The summed E-state index contributed by atoms with van der Waals surface area (Å²) in [6.45, 7) is 5.12. The first-order chi connectivity index (χ1) is 13.6. The first kappa shape index (κ1) is 20.6. The van der Waals surface area contributed by atoms with E-state index in [1.807, 2.05) is 18.2 Å². The SMILES string of the molecule is CC1CCN(Cc2cc(F)ccc2C=NN=C(N)SCc2ccccc2)CC1. The van der Waals surface area contributed by atoms with E-state index in [1.54, 1.807) is 18.3 Å². The van der Waals surface area contributed by atoms with Gasteiger partial charge in [-0.25, -0.2) is 4.39 Å². The summed E-state index contributed by atoms with van der Waals surface area (Å²) >= 11 is 1.45. The minimum atomic E-state index is -0.223. The van der Waals surface area contributed by atoms with Gasteiger partial charge < -0.3 is 5.73 Å². The van der Waals surface area contributed by atoms with Gasteiger partial charge in [-0.05, 0) is 60.7 Å². The van der Waals surface area contributed by atoms with Crippen molar-refractivity contribution in [1.29, 1.82) is 0 Å². The number of rotatable bonds is 6. The maximum Gasteiger partial charge on any atom is 0.180 e. The van der Waals surface area contributed by atoms with Crippen LogP contribution in [0, 0.1) is 11.7 Å². The lowest BCUT2D eigenvalue weighted by molar-refractivity contribution is 0.185. The van der Waals surface area contributed by atoms with Gasteiger partial charge in [0.15, 0.2) is 5.17 Å². The van der Waals surface area contributed by atoms with E-state index in [4.69, 9.17) is 5.73 Å². The van der Waals surface area contributed by atoms with E-state index in [2.05, 4.69) is 34.2 Å². The highest BCUT2D eigenvalue weighted by molar-refractivity contribution is 8.13. The Morgan fingerprint density at radius 2 is 1.96 bits per heavy atom. The van der Waals surface area contributed by atoms with Crippen LogP contribution in [-0.2, 0) is 12.3 Å². The number of halogens is 1. The second-order valence-corrected chi connectivity index (χ2v) is 8.25. The number of nitrogens with two attached hydrogens (primary N) is 1. The number of hydrogen-bond donors (Lipinski definition) is 1. The quantitative estimate of drug-likeness (QED) is 0.438. The van der Waals surface area contributed by atoms with E-state index in [1.165, 1.54) is 36.2 Å². The Bertz CT molecular complexity index is 815. The van der Waals surface area contributed by atoms with Gasteiger partial charge in [-0.1, -0.05) is 55.1 Å². The fourth-order valence-electron chi connectivity index (χ4n) is 3.21. The minimum absolute atomic E-state index is 0.223. The molecule has 1 saturated heterocycles. The normalized spacial score (nSPS) is 16.7. The molecular weight excluding hydrogens is 371 g/mol. The third kappa shape index (κ3) is 6.46. The number of hydrogen-bond acceptors (Lipinski definition) is 4. The fraction of sp³-hybridized carbons (Fsp3) is 0.364. The van der Waals surface area contributed by atoms with Crippen LogP contribution in [0.25, 0.3) is 0 Å². The zero-order valence-corrected chi connectivity index (χ0v) is 17.0. The van der Waals surface area contributed by atoms with Crippen molar-refractivity contribution >= 4 is 23.1 Å². The summed E-state index contributed by atoms with van der Waals surface area (Å²) in [5.74, 6) is 1.30. The molecule has 3 rings (SSSR count). The first-order valence-corrected chi connectivity index (χ1v) is 10.6. The third-order valence-corrected chi connectivity index (χ3v) is 5.81. The Balaban J connectivity index is 1.61. The van der Waals surface area contributed by atoms with Gasteiger partial charge >= 0.3 is 0 Å². The first-order valence-electron chi connectivity index (χ1n) is 9.64. The van der Waals surface area contributed by atoms with Crippen LogP contribution in [-0.4, -0.2) is 29.4 Å². The maximum atomic E-state index is 13.8. The molecular formula is C22H27FN4S. The second kappa shape index (κ2) is 10.4. The number of piperidine rings is 1. The monoisotopic (exact) mass is 398 g/mol. The Morgan fingerprint density at radius 1 is 1.21 bits per heavy atom. The largest absolute Gasteiger partial charge is 0.377 e. The van der Waals surface area contributed by atoms with E-state index in [0.717, 1.165) is 42.4 Å². The van der Waals surface area contributed by atoms with Gasteiger partial charge in [0.25, 0.3) is 0 Å². The molecule has 0 unspecified atom stereocenters. The van der Waals surface area contributed by atoms with Gasteiger partial charge in [0.05, 0.1) is 6.21 Å². The highest BCUT2D eigenvalue weighted by Crippen LogP contribution is 2.20. The van der Waals surface area contributed by atoms with E-state index in [9.17, 15) is 4.39 Å². The van der Waals surface area contributed by atoms with Gasteiger partial charge in [-0.15, -0.1) is 5.10 Å². The molecule has 1 heterocycles. The Kier molecular flexibility index (Phi) is 7.62. The molecule has 148 valence electrons. The number of thioether (sulfide) groups is 1. The molecule has 0 aromatic heterocycles. The lowest BCUT2D eigenvalue weighted by atomic mass is 9.98. The maximum absolute atomic E-state index is 13.8. The van der Waals surface area contributed by atoms with Crippen molar-refractivity contribution in [1.82, 2.24) is 4.90 Å². The molecule has 0 atom stereocenters. The lowest BCUT2D eigenvalue weighted by Crippen LogP contribution is -2.32. The van der Waals surface area contributed by atoms with Gasteiger partial charge in [0.1, 0.15) is 5.82 Å². The molecule has 2 N–H and O–H groups in total. The van der Waals surface area contributed by atoms with Crippen molar-refractivity contribution in [2.24, 2.45) is 21.9 Å². The zero-order chi connectivity index (χ0) is 19.8. The Hall–Kier alpha value is -2.18. The van der Waals surface area contributed by atoms with E-state index in [0.29, 0.717) is 5.17 Å². The van der Waals surface area contributed by atoms with Gasteiger partial charge in [-0.2, -0.15) is 5.10 Å². The van der Waals surface area contributed by atoms with Crippen molar-refractivity contribution in [2.75, 3.05) is 13.1 Å². The molecule has 0 bridgehead atoms. The average Bonchev–Trinajstić information content (AvgIpc) is 2.70. The van der Waals surface area contributed by atoms with Crippen LogP contribution < -0.4 is 5.73 Å². The van der Waals surface area contributed by atoms with Crippen molar-refractivity contribution < 1.29 is 4.39 Å². The van der Waals surface area contributed by atoms with Crippen LogP contribution in [0.3, 0.4) is 0 Å². The zero-order valence-electron chi connectivity index (χ0n) is 16.2. The number of amidine groups is 1. The van der Waals surface area contributed by atoms with Gasteiger partial charge in [0, 0.05) is 12.3 Å². The van der Waals surface area contributed by atoms with E-state index < -0.39 is 0 Å². The topological polar surface area (TPSA) is 54.0 Å². The summed E-state index contributed by atoms with van der Waals surface area (Å²) < 4.78 is 13.8. The van der Waals surface area contributed by atoms with E-state index in [-0.39, 0.29) is 5.82 Å². The fourth-order valence-corrected chi connectivity index (χ4v) is 3.82. The van der Waals surface area contributed by atoms with Crippen molar-refractivity contribution in [3.05, 3.63) is 71.0 Å². The molecule has 6 heteroatoms. The summed E-state index contributed by atoms with van der Waals surface area (Å²) in [5.41, 5.74) is 8.94. The standard InChI is InChI=1S/C22H27FN4S/c1-17-9-11-27(12-10-17)15-20-13-21(23)8-7-19(20)14-25-26-22(24)28-16-18-5-3-2-4-6-18/h2-8,13-14,17H,9-12,15-16H2,1H3,(H2,24,26). The predicted molar refractivity (Wildman–Crippen MR) is 117 cm³/mol. The summed E-state index contributed by atoms with van der Waals surface area (Å²) in [4.78, 5) is 2.37. The predicted octanol–water partition coefficient (Wildman–Crippen LogP) is 4.64. The Morgan fingerprint density at radius 3 is 2.71 bits per heavy atom. The molecule has 2 aromatic rings. The molecule has 1 aliphatic rings. The minimum Gasteiger partial charge on any atom is -0.377 e. The molecule has 0 saturated carbocycles. The average molecular weight is 399 g/mol. The van der Waals surface area contributed by atoms with Gasteiger partial charge in [0.2, 0.25) is 0 Å². The second-order valence-electron chi connectivity index (χ2n) is 7.26. The van der Waals surface area contributed by atoms with E-state index >= 15 is 0 Å². The molecule has 28 heavy (non-hydrogen) atoms. The lowest BCUT2D eigenvalue weighted by Gasteiger charge is -2.30.